The lowest BCUT2D eigenvalue weighted by molar-refractivity contribution is 0.0333. The van der Waals surface area contributed by atoms with E-state index in [4.69, 9.17) is 10.6 Å². The van der Waals surface area contributed by atoms with E-state index < -0.39 is 0 Å². The number of rotatable bonds is 4. The van der Waals surface area contributed by atoms with Crippen molar-refractivity contribution < 1.29 is 4.84 Å². The molecule has 1 aliphatic heterocycles. The highest BCUT2D eigenvalue weighted by molar-refractivity contribution is 5.85. The predicted octanol–water partition coefficient (Wildman–Crippen LogP) is 0.580. The fourth-order valence-electron chi connectivity index (χ4n) is 0.866. The van der Waals surface area contributed by atoms with Crippen LogP contribution in [-0.2, 0) is 4.84 Å². The number of hydrogen-bond acceptors (Lipinski definition) is 5. The van der Waals surface area contributed by atoms with Crippen LogP contribution in [0.15, 0.2) is 5.10 Å². The molecule has 0 amide bonds. The number of hydrogen-bond donors (Lipinski definition) is 2. The Morgan fingerprint density at radius 2 is 2.33 bits per heavy atom. The summed E-state index contributed by atoms with van der Waals surface area (Å²) in [5, 5.41) is 5.46. The molecule has 0 aromatic carbocycles. The highest BCUT2D eigenvalue weighted by Crippen LogP contribution is 1.99. The van der Waals surface area contributed by atoms with Gasteiger partial charge >= 0.3 is 6.02 Å². The molecule has 0 aromatic rings. The molecule has 0 atom stereocenters. The maximum absolute atomic E-state index is 5.25. The van der Waals surface area contributed by atoms with Crippen LogP contribution in [0.5, 0.6) is 0 Å². The van der Waals surface area contributed by atoms with Gasteiger partial charge in [0.15, 0.2) is 0 Å². The monoisotopic (exact) mass is 194 g/mol. The second-order valence-electron chi connectivity index (χ2n) is 2.46. The van der Waals surface area contributed by atoms with Crippen molar-refractivity contribution in [2.75, 3.05) is 6.54 Å². The zero-order chi connectivity index (χ0) is 8.10. The van der Waals surface area contributed by atoms with E-state index in [1.54, 1.807) is 5.12 Å². The van der Waals surface area contributed by atoms with Crippen LogP contribution in [0.1, 0.15) is 26.2 Å². The molecule has 6 heteroatoms. The number of nitrogens with two attached hydrogens (primary N) is 1. The van der Waals surface area contributed by atoms with E-state index in [2.05, 4.69) is 17.6 Å². The van der Waals surface area contributed by atoms with Gasteiger partial charge in [0.2, 0.25) is 0 Å². The summed E-state index contributed by atoms with van der Waals surface area (Å²) in [6.45, 7) is 3.00. The minimum atomic E-state index is 0. The van der Waals surface area contributed by atoms with E-state index in [1.165, 1.54) is 12.8 Å². The number of unbranched alkanes of at least 4 members (excludes halogenated alkanes) is 2. The average molecular weight is 195 g/mol. The van der Waals surface area contributed by atoms with E-state index in [-0.39, 0.29) is 18.4 Å². The molecule has 5 nitrogen and oxygen atoms in total. The summed E-state index contributed by atoms with van der Waals surface area (Å²) in [5.41, 5.74) is 7.82. The summed E-state index contributed by atoms with van der Waals surface area (Å²) in [7, 11) is 0. The lowest BCUT2D eigenvalue weighted by atomic mass is 10.2. The summed E-state index contributed by atoms with van der Waals surface area (Å²) in [6.07, 6.45) is 3.51. The van der Waals surface area contributed by atoms with E-state index in [9.17, 15) is 0 Å². The Balaban J connectivity index is 0.00000121. The van der Waals surface area contributed by atoms with Crippen molar-refractivity contribution in [2.24, 2.45) is 10.8 Å². The van der Waals surface area contributed by atoms with Gasteiger partial charge in [-0.15, -0.1) is 17.5 Å². The van der Waals surface area contributed by atoms with Crippen LogP contribution in [0.2, 0.25) is 0 Å². The van der Waals surface area contributed by atoms with Gasteiger partial charge in [0, 0.05) is 0 Å². The molecule has 0 radical (unpaired) electrons. The molecule has 0 unspecified atom stereocenters. The van der Waals surface area contributed by atoms with E-state index in [1.807, 2.05) is 0 Å². The molecule has 0 aromatic heterocycles. The van der Waals surface area contributed by atoms with Gasteiger partial charge in [-0.25, -0.2) is 0 Å². The number of halogens is 1. The first kappa shape index (κ1) is 11.3. The van der Waals surface area contributed by atoms with Gasteiger partial charge in [0.05, 0.1) is 6.54 Å². The Morgan fingerprint density at radius 3 is 2.83 bits per heavy atom. The molecule has 0 spiro atoms. The smallest absolute Gasteiger partial charge is 0.327 e. The molecule has 1 rings (SSSR count). The SMILES string of the molecule is CCCCCN1N=C(N)ON1.Cl. The summed E-state index contributed by atoms with van der Waals surface area (Å²) >= 11 is 0. The maximum Gasteiger partial charge on any atom is 0.327 e. The largest absolute Gasteiger partial charge is 0.351 e. The fraction of sp³-hybridized carbons (Fsp3) is 0.833. The number of nitrogens with one attached hydrogen (secondary N) is 1. The lowest BCUT2D eigenvalue weighted by Gasteiger charge is -2.09. The standard InChI is InChI=1S/C6H14N4O.ClH/c1-2-3-4-5-10-8-6(7)11-9-10;/h9H,2-5H2,1H3,(H2,7,8);1H. The Morgan fingerprint density at radius 1 is 1.58 bits per heavy atom. The van der Waals surface area contributed by atoms with Gasteiger partial charge in [-0.3, -0.25) is 0 Å². The zero-order valence-corrected chi connectivity index (χ0v) is 7.93. The van der Waals surface area contributed by atoms with Crippen molar-refractivity contribution in [3.8, 4) is 0 Å². The minimum Gasteiger partial charge on any atom is -0.351 e. The number of nitrogens with zero attached hydrogens (tertiary/aromatic N) is 2. The van der Waals surface area contributed by atoms with Crippen molar-refractivity contribution >= 4 is 18.4 Å². The number of hydrazine groups is 1. The van der Waals surface area contributed by atoms with Crippen molar-refractivity contribution in [3.63, 3.8) is 0 Å². The second kappa shape index (κ2) is 5.91. The first-order valence-corrected chi connectivity index (χ1v) is 3.87. The van der Waals surface area contributed by atoms with Crippen LogP contribution in [-0.4, -0.2) is 17.7 Å². The first-order valence-electron chi connectivity index (χ1n) is 3.87. The Bertz CT molecular complexity index is 152. The molecule has 0 aliphatic carbocycles. The summed E-state index contributed by atoms with van der Waals surface area (Å²) in [5.74, 6) is 0. The summed E-state index contributed by atoms with van der Waals surface area (Å²) < 4.78 is 0. The minimum absolute atomic E-state index is 0. The van der Waals surface area contributed by atoms with E-state index >= 15 is 0 Å². The van der Waals surface area contributed by atoms with Gasteiger partial charge in [0.1, 0.15) is 0 Å². The number of hydrazone groups is 1. The van der Waals surface area contributed by atoms with Crippen LogP contribution in [0.25, 0.3) is 0 Å². The molecular formula is C6H15ClN4O. The lowest BCUT2D eigenvalue weighted by Crippen LogP contribution is -2.29. The average Bonchev–Trinajstić information content (AvgIpc) is 2.37. The van der Waals surface area contributed by atoms with Crippen LogP contribution in [0.3, 0.4) is 0 Å². The van der Waals surface area contributed by atoms with E-state index in [0.717, 1.165) is 13.0 Å². The fourth-order valence-corrected chi connectivity index (χ4v) is 0.866. The van der Waals surface area contributed by atoms with Crippen LogP contribution >= 0.6 is 12.4 Å². The van der Waals surface area contributed by atoms with Crippen LogP contribution in [0.4, 0.5) is 0 Å². The van der Waals surface area contributed by atoms with Crippen LogP contribution in [0, 0.1) is 0 Å². The highest BCUT2D eigenvalue weighted by Gasteiger charge is 2.10. The molecule has 0 bridgehead atoms. The first-order chi connectivity index (χ1) is 5.33. The van der Waals surface area contributed by atoms with Crippen LogP contribution < -0.4 is 11.3 Å². The summed E-state index contributed by atoms with van der Waals surface area (Å²) in [4.78, 5) is 4.70. The number of amidine groups is 1. The molecule has 72 valence electrons. The Labute approximate surface area is 78.3 Å². The molecular weight excluding hydrogens is 180 g/mol. The molecule has 3 N–H and O–H groups in total. The topological polar surface area (TPSA) is 62.9 Å². The quantitative estimate of drug-likeness (QED) is 0.643. The molecule has 1 aliphatic rings. The van der Waals surface area contributed by atoms with Gasteiger partial charge in [-0.2, -0.15) is 5.12 Å². The van der Waals surface area contributed by atoms with Crippen molar-refractivity contribution in [2.45, 2.75) is 26.2 Å². The second-order valence-corrected chi connectivity index (χ2v) is 2.46. The zero-order valence-electron chi connectivity index (χ0n) is 7.12. The van der Waals surface area contributed by atoms with E-state index in [0.29, 0.717) is 0 Å². The van der Waals surface area contributed by atoms with Crippen molar-refractivity contribution in [3.05, 3.63) is 0 Å². The Hall–Kier alpha value is -0.680. The van der Waals surface area contributed by atoms with Gasteiger partial charge in [0.25, 0.3) is 0 Å². The molecule has 0 saturated carbocycles. The van der Waals surface area contributed by atoms with Gasteiger partial charge in [-0.05, 0) is 12.0 Å². The molecule has 0 saturated heterocycles. The highest BCUT2D eigenvalue weighted by atomic mass is 35.5. The van der Waals surface area contributed by atoms with Crippen molar-refractivity contribution in [1.29, 1.82) is 0 Å². The third-order valence-electron chi connectivity index (χ3n) is 1.45. The third-order valence-corrected chi connectivity index (χ3v) is 1.45. The predicted molar refractivity (Wildman–Crippen MR) is 49.3 cm³/mol. The van der Waals surface area contributed by atoms with Gasteiger partial charge in [-0.1, -0.05) is 19.8 Å². The molecule has 12 heavy (non-hydrogen) atoms. The maximum atomic E-state index is 5.25. The normalized spacial score (nSPS) is 15.1. The Kier molecular flexibility index (Phi) is 5.57. The summed E-state index contributed by atoms with van der Waals surface area (Å²) in [6, 6.07) is 0.182. The molecule has 1 heterocycles. The third kappa shape index (κ3) is 3.64. The molecule has 0 fully saturated rings. The van der Waals surface area contributed by atoms with Gasteiger partial charge < -0.3 is 10.6 Å². The van der Waals surface area contributed by atoms with Crippen molar-refractivity contribution in [1.82, 2.24) is 10.7 Å².